The van der Waals surface area contributed by atoms with E-state index in [4.69, 9.17) is 22.8 Å². The van der Waals surface area contributed by atoms with Crippen molar-refractivity contribution < 1.29 is 4.74 Å². The van der Waals surface area contributed by atoms with Crippen LogP contribution in [0.1, 0.15) is 12.5 Å². The molecule has 86 valence electrons. The molecule has 0 aliphatic rings. The van der Waals surface area contributed by atoms with Crippen molar-refractivity contribution in [1.82, 2.24) is 5.32 Å². The molecule has 1 aromatic rings. The van der Waals surface area contributed by atoms with Gasteiger partial charge in [-0.15, -0.1) is 6.42 Å². The Morgan fingerprint density at radius 1 is 1.56 bits per heavy atom. The molecule has 1 aromatic carbocycles. The molecule has 0 radical (unpaired) electrons. The number of halogens is 1. The van der Waals surface area contributed by atoms with Crippen LogP contribution in [0.2, 0.25) is 5.02 Å². The molecule has 0 fully saturated rings. The molecular weight excluding hydrogens is 222 g/mol. The summed E-state index contributed by atoms with van der Waals surface area (Å²) in [6.45, 7) is 5.23. The number of hydrogen-bond acceptors (Lipinski definition) is 2. The van der Waals surface area contributed by atoms with Gasteiger partial charge < -0.3 is 10.1 Å². The Labute approximate surface area is 102 Å². The van der Waals surface area contributed by atoms with E-state index >= 15 is 0 Å². The van der Waals surface area contributed by atoms with Gasteiger partial charge in [-0.1, -0.05) is 23.6 Å². The van der Waals surface area contributed by atoms with E-state index in [9.17, 15) is 0 Å². The van der Waals surface area contributed by atoms with Gasteiger partial charge in [0.05, 0.1) is 11.6 Å². The summed E-state index contributed by atoms with van der Waals surface area (Å²) in [5.74, 6) is 3.23. The maximum atomic E-state index is 6.02. The van der Waals surface area contributed by atoms with Gasteiger partial charge in [-0.3, -0.25) is 0 Å². The summed E-state index contributed by atoms with van der Waals surface area (Å²) in [5.41, 5.74) is 1.13. The lowest BCUT2D eigenvalue weighted by Gasteiger charge is -2.16. The predicted molar refractivity (Wildman–Crippen MR) is 68.0 cm³/mol. The van der Waals surface area contributed by atoms with Crippen molar-refractivity contribution in [2.75, 3.05) is 13.1 Å². The van der Waals surface area contributed by atoms with E-state index in [0.29, 0.717) is 18.1 Å². The fourth-order valence-electron chi connectivity index (χ4n) is 1.31. The van der Waals surface area contributed by atoms with Crippen LogP contribution in [0.4, 0.5) is 0 Å². The summed E-state index contributed by atoms with van der Waals surface area (Å²) in [6, 6.07) is 5.73. The van der Waals surface area contributed by atoms with Gasteiger partial charge in [0.1, 0.15) is 11.9 Å². The van der Waals surface area contributed by atoms with Crippen molar-refractivity contribution in [3.8, 4) is 18.1 Å². The van der Waals surface area contributed by atoms with Crippen LogP contribution < -0.4 is 10.1 Å². The number of rotatable bonds is 5. The molecule has 0 spiro atoms. The minimum atomic E-state index is 0.0349. The Bertz CT molecular complexity index is 384. The lowest BCUT2D eigenvalue weighted by Crippen LogP contribution is -2.29. The molecule has 0 saturated carbocycles. The maximum absolute atomic E-state index is 6.02. The van der Waals surface area contributed by atoms with Crippen molar-refractivity contribution in [3.05, 3.63) is 28.8 Å². The number of terminal acetylenes is 1. The number of benzene rings is 1. The van der Waals surface area contributed by atoms with E-state index in [-0.39, 0.29) is 6.10 Å². The van der Waals surface area contributed by atoms with Crippen molar-refractivity contribution >= 4 is 11.6 Å². The fraction of sp³-hybridized carbons (Fsp3) is 0.385. The first kappa shape index (κ1) is 12.9. The molecular formula is C13H16ClNO. The van der Waals surface area contributed by atoms with Gasteiger partial charge >= 0.3 is 0 Å². The molecule has 2 nitrogen and oxygen atoms in total. The van der Waals surface area contributed by atoms with Gasteiger partial charge in [0.15, 0.2) is 0 Å². The highest BCUT2D eigenvalue weighted by atomic mass is 35.5. The highest BCUT2D eigenvalue weighted by Crippen LogP contribution is 2.25. The molecule has 0 aliphatic carbocycles. The van der Waals surface area contributed by atoms with Crippen molar-refractivity contribution in [2.24, 2.45) is 0 Å². The average molecular weight is 238 g/mol. The molecule has 0 heterocycles. The monoisotopic (exact) mass is 237 g/mol. The first-order valence-corrected chi connectivity index (χ1v) is 5.58. The third kappa shape index (κ3) is 4.14. The zero-order valence-electron chi connectivity index (χ0n) is 9.59. The second-order valence-corrected chi connectivity index (χ2v) is 4.10. The van der Waals surface area contributed by atoms with Crippen LogP contribution in [0, 0.1) is 19.3 Å². The van der Waals surface area contributed by atoms with Gasteiger partial charge in [0, 0.05) is 6.54 Å². The highest BCUT2D eigenvalue weighted by Gasteiger charge is 2.06. The summed E-state index contributed by atoms with van der Waals surface area (Å²) in [6.07, 6.45) is 5.17. The van der Waals surface area contributed by atoms with E-state index in [1.807, 2.05) is 32.0 Å². The zero-order chi connectivity index (χ0) is 12.0. The average Bonchev–Trinajstić information content (AvgIpc) is 2.24. The molecule has 1 atom stereocenters. The Balaban J connectivity index is 2.52. The molecule has 3 heteroatoms. The molecule has 0 amide bonds. The second kappa shape index (κ2) is 6.42. The van der Waals surface area contributed by atoms with Crippen LogP contribution in [-0.2, 0) is 0 Å². The molecule has 1 rings (SSSR count). The summed E-state index contributed by atoms with van der Waals surface area (Å²) in [7, 11) is 0. The Morgan fingerprint density at radius 2 is 2.31 bits per heavy atom. The molecule has 16 heavy (non-hydrogen) atoms. The van der Waals surface area contributed by atoms with Crippen LogP contribution in [0.5, 0.6) is 5.75 Å². The molecule has 1 unspecified atom stereocenters. The number of hydrogen-bond donors (Lipinski definition) is 1. The van der Waals surface area contributed by atoms with Crippen LogP contribution in [-0.4, -0.2) is 19.2 Å². The molecule has 1 N–H and O–H groups in total. The summed E-state index contributed by atoms with van der Waals surface area (Å²) >= 11 is 6.02. The molecule has 0 aliphatic heterocycles. The third-order valence-electron chi connectivity index (χ3n) is 2.07. The smallest absolute Gasteiger partial charge is 0.138 e. The van der Waals surface area contributed by atoms with Crippen LogP contribution in [0.3, 0.4) is 0 Å². The minimum absolute atomic E-state index is 0.0349. The van der Waals surface area contributed by atoms with Crippen LogP contribution >= 0.6 is 11.6 Å². The fourth-order valence-corrected chi connectivity index (χ4v) is 1.47. The van der Waals surface area contributed by atoms with Crippen molar-refractivity contribution in [2.45, 2.75) is 20.0 Å². The van der Waals surface area contributed by atoms with Crippen molar-refractivity contribution in [3.63, 3.8) is 0 Å². The summed E-state index contributed by atoms with van der Waals surface area (Å²) in [4.78, 5) is 0. The number of nitrogens with one attached hydrogen (secondary N) is 1. The zero-order valence-corrected chi connectivity index (χ0v) is 10.3. The van der Waals surface area contributed by atoms with Gasteiger partial charge in [-0.25, -0.2) is 0 Å². The van der Waals surface area contributed by atoms with E-state index in [0.717, 1.165) is 11.3 Å². The molecule has 0 bridgehead atoms. The standard InChI is InChI=1S/C13H16ClNO/c1-4-7-15-9-11(3)16-13-8-10(2)5-6-12(13)14/h1,5-6,8,11,15H,7,9H2,2-3H3. The topological polar surface area (TPSA) is 21.3 Å². The third-order valence-corrected chi connectivity index (χ3v) is 2.39. The SMILES string of the molecule is C#CCNCC(C)Oc1cc(C)ccc1Cl. The van der Waals surface area contributed by atoms with Crippen LogP contribution in [0.15, 0.2) is 18.2 Å². The largest absolute Gasteiger partial charge is 0.488 e. The normalized spacial score (nSPS) is 11.9. The Kier molecular flexibility index (Phi) is 5.18. The Hall–Kier alpha value is -1.17. The van der Waals surface area contributed by atoms with Crippen LogP contribution in [0.25, 0.3) is 0 Å². The predicted octanol–water partition coefficient (Wildman–Crippen LogP) is 2.64. The molecule has 0 saturated heterocycles. The van der Waals surface area contributed by atoms with E-state index < -0.39 is 0 Å². The summed E-state index contributed by atoms with van der Waals surface area (Å²) in [5, 5.41) is 3.72. The lowest BCUT2D eigenvalue weighted by molar-refractivity contribution is 0.219. The first-order chi connectivity index (χ1) is 7.63. The summed E-state index contributed by atoms with van der Waals surface area (Å²) < 4.78 is 5.71. The van der Waals surface area contributed by atoms with Gasteiger partial charge in [0.2, 0.25) is 0 Å². The quantitative estimate of drug-likeness (QED) is 0.628. The van der Waals surface area contributed by atoms with E-state index in [2.05, 4.69) is 11.2 Å². The maximum Gasteiger partial charge on any atom is 0.138 e. The Morgan fingerprint density at radius 3 is 3.00 bits per heavy atom. The van der Waals surface area contributed by atoms with Gasteiger partial charge in [0.25, 0.3) is 0 Å². The highest BCUT2D eigenvalue weighted by molar-refractivity contribution is 6.32. The van der Waals surface area contributed by atoms with Gasteiger partial charge in [-0.2, -0.15) is 0 Å². The van der Waals surface area contributed by atoms with E-state index in [1.165, 1.54) is 0 Å². The number of aryl methyl sites for hydroxylation is 1. The lowest BCUT2D eigenvalue weighted by atomic mass is 10.2. The first-order valence-electron chi connectivity index (χ1n) is 5.20. The van der Waals surface area contributed by atoms with Gasteiger partial charge in [-0.05, 0) is 31.5 Å². The van der Waals surface area contributed by atoms with E-state index in [1.54, 1.807) is 0 Å². The number of ether oxygens (including phenoxy) is 1. The van der Waals surface area contributed by atoms with Crippen molar-refractivity contribution in [1.29, 1.82) is 0 Å². The second-order valence-electron chi connectivity index (χ2n) is 3.70. The molecule has 0 aromatic heterocycles. The minimum Gasteiger partial charge on any atom is -0.488 e.